The monoisotopic (exact) mass is 542 g/mol. The van der Waals surface area contributed by atoms with Crippen molar-refractivity contribution in [3.8, 4) is 5.75 Å². The van der Waals surface area contributed by atoms with Crippen LogP contribution in [0.4, 0.5) is 0 Å². The summed E-state index contributed by atoms with van der Waals surface area (Å²) in [5, 5.41) is 6.03. The van der Waals surface area contributed by atoms with Crippen LogP contribution in [0, 0.1) is 12.8 Å². The van der Waals surface area contributed by atoms with Gasteiger partial charge in [-0.2, -0.15) is 0 Å². The first-order valence-corrected chi connectivity index (χ1v) is 12.5. The number of aryl methyl sites for hydroxylation is 1. The molecule has 2 aliphatic rings. The predicted octanol–water partition coefficient (Wildman–Crippen LogP) is 3.34. The SMILES string of the molecule is Cc1ccccc1OCC(=O)NC(NC(=S)N1C[C@H]2C[C@H](C1)c1cccc(=O)n1C2)C(Cl)(Cl)Cl. The summed E-state index contributed by atoms with van der Waals surface area (Å²) < 4.78 is 5.59. The second kappa shape index (κ2) is 10.3. The number of ether oxygens (including phenoxy) is 1. The van der Waals surface area contributed by atoms with Crippen LogP contribution in [0.5, 0.6) is 5.75 Å². The van der Waals surface area contributed by atoms with E-state index >= 15 is 0 Å². The highest BCUT2D eigenvalue weighted by Crippen LogP contribution is 2.35. The highest BCUT2D eigenvalue weighted by molar-refractivity contribution is 7.80. The van der Waals surface area contributed by atoms with Gasteiger partial charge in [0.15, 0.2) is 11.7 Å². The van der Waals surface area contributed by atoms with Gasteiger partial charge in [-0.25, -0.2) is 0 Å². The van der Waals surface area contributed by atoms with Crippen molar-refractivity contribution in [2.24, 2.45) is 5.92 Å². The Balaban J connectivity index is 1.39. The van der Waals surface area contributed by atoms with Gasteiger partial charge in [0.25, 0.3) is 11.5 Å². The van der Waals surface area contributed by atoms with Crippen molar-refractivity contribution >= 4 is 58.0 Å². The Morgan fingerprint density at radius 2 is 1.91 bits per heavy atom. The number of halogens is 3. The Morgan fingerprint density at radius 3 is 2.65 bits per heavy atom. The van der Waals surface area contributed by atoms with Crippen molar-refractivity contribution in [1.29, 1.82) is 0 Å². The summed E-state index contributed by atoms with van der Waals surface area (Å²) in [5.74, 6) is 0.586. The molecule has 0 radical (unpaired) electrons. The van der Waals surface area contributed by atoms with Gasteiger partial charge in [-0.1, -0.05) is 59.1 Å². The summed E-state index contributed by atoms with van der Waals surface area (Å²) in [4.78, 5) is 26.8. The van der Waals surface area contributed by atoms with E-state index in [-0.39, 0.29) is 24.0 Å². The Hall–Kier alpha value is -2.00. The predicted molar refractivity (Wildman–Crippen MR) is 138 cm³/mol. The van der Waals surface area contributed by atoms with Gasteiger partial charge in [-0.05, 0) is 49.2 Å². The fraction of sp³-hybridized carbons (Fsp3) is 0.435. The summed E-state index contributed by atoms with van der Waals surface area (Å²) in [5.41, 5.74) is 1.94. The third-order valence-corrected chi connectivity index (χ3v) is 7.15. The molecule has 1 unspecified atom stereocenters. The van der Waals surface area contributed by atoms with Gasteiger partial charge < -0.3 is 24.8 Å². The van der Waals surface area contributed by atoms with Crippen LogP contribution in [-0.4, -0.2) is 50.1 Å². The number of amides is 1. The number of piperidine rings is 1. The van der Waals surface area contributed by atoms with Gasteiger partial charge in [0.2, 0.25) is 3.79 Å². The lowest BCUT2D eigenvalue weighted by atomic mass is 9.83. The topological polar surface area (TPSA) is 75.6 Å². The van der Waals surface area contributed by atoms with E-state index in [4.69, 9.17) is 51.8 Å². The highest BCUT2D eigenvalue weighted by atomic mass is 35.6. The molecular weight excluding hydrogens is 519 g/mol. The number of benzene rings is 1. The van der Waals surface area contributed by atoms with E-state index in [2.05, 4.69) is 10.6 Å². The minimum absolute atomic E-state index is 0.0215. The summed E-state index contributed by atoms with van der Waals surface area (Å²) >= 11 is 24.1. The van der Waals surface area contributed by atoms with E-state index in [1.807, 2.05) is 40.7 Å². The van der Waals surface area contributed by atoms with Gasteiger partial charge in [0.05, 0.1) is 0 Å². The molecule has 1 aromatic carbocycles. The fourth-order valence-corrected chi connectivity index (χ4v) is 5.14. The van der Waals surface area contributed by atoms with Crippen molar-refractivity contribution in [3.63, 3.8) is 0 Å². The Morgan fingerprint density at radius 1 is 1.15 bits per heavy atom. The smallest absolute Gasteiger partial charge is 0.259 e. The van der Waals surface area contributed by atoms with Crippen LogP contribution in [-0.2, 0) is 11.3 Å². The third-order valence-electron chi connectivity index (χ3n) is 6.12. The Bertz CT molecular complexity index is 1140. The first-order valence-electron chi connectivity index (χ1n) is 10.9. The molecule has 1 amide bonds. The van der Waals surface area contributed by atoms with Crippen molar-refractivity contribution in [1.82, 2.24) is 20.1 Å². The summed E-state index contributed by atoms with van der Waals surface area (Å²) in [7, 11) is 0. The van der Waals surface area contributed by atoms with E-state index in [1.165, 1.54) is 0 Å². The van der Waals surface area contributed by atoms with Gasteiger partial charge in [-0.3, -0.25) is 9.59 Å². The first-order chi connectivity index (χ1) is 16.1. The van der Waals surface area contributed by atoms with Crippen molar-refractivity contribution in [2.75, 3.05) is 19.7 Å². The van der Waals surface area contributed by atoms with Gasteiger partial charge in [-0.15, -0.1) is 0 Å². The zero-order valence-corrected chi connectivity index (χ0v) is 21.6. The largest absolute Gasteiger partial charge is 0.484 e. The van der Waals surface area contributed by atoms with Gasteiger partial charge >= 0.3 is 0 Å². The number of rotatable bonds is 5. The molecule has 4 rings (SSSR count). The van der Waals surface area contributed by atoms with E-state index < -0.39 is 15.9 Å². The lowest BCUT2D eigenvalue weighted by molar-refractivity contribution is -0.123. The lowest BCUT2D eigenvalue weighted by Crippen LogP contribution is -2.60. The number of nitrogens with one attached hydrogen (secondary N) is 2. The van der Waals surface area contributed by atoms with Gasteiger partial charge in [0.1, 0.15) is 11.9 Å². The standard InChI is InChI=1S/C23H25Cl3N4O3S/c1-14-5-2-3-7-18(14)33-13-19(31)27-21(23(24,25)26)28-22(34)29-10-15-9-16(12-29)17-6-4-8-20(32)30(17)11-15/h2-8,15-16,21H,9-13H2,1H3,(H,27,31)(H,28,34)/t15-,16-,21?/m1/s1. The zero-order valence-electron chi connectivity index (χ0n) is 18.5. The number of fused-ring (bicyclic) bond motifs is 4. The van der Waals surface area contributed by atoms with Crippen LogP contribution in [0.3, 0.4) is 0 Å². The quantitative estimate of drug-likeness (QED) is 0.342. The minimum atomic E-state index is -1.85. The second-order valence-electron chi connectivity index (χ2n) is 8.65. The molecule has 2 N–H and O–H groups in total. The number of para-hydroxylation sites is 1. The molecule has 0 spiro atoms. The maximum absolute atomic E-state index is 12.5. The molecule has 3 heterocycles. The van der Waals surface area contributed by atoms with Crippen LogP contribution in [0.15, 0.2) is 47.3 Å². The molecule has 0 saturated carbocycles. The molecular formula is C23H25Cl3N4O3S. The number of hydrogen-bond donors (Lipinski definition) is 2. The molecule has 34 heavy (non-hydrogen) atoms. The first kappa shape index (κ1) is 25.1. The molecule has 11 heteroatoms. The second-order valence-corrected chi connectivity index (χ2v) is 11.4. The normalized spacial score (nSPS) is 20.2. The van der Waals surface area contributed by atoms with Crippen molar-refractivity contribution < 1.29 is 9.53 Å². The number of likely N-dealkylation sites (tertiary alicyclic amines) is 1. The average molecular weight is 544 g/mol. The van der Waals surface area contributed by atoms with E-state index in [0.29, 0.717) is 30.5 Å². The van der Waals surface area contributed by atoms with Crippen LogP contribution in [0.25, 0.3) is 0 Å². The van der Waals surface area contributed by atoms with E-state index in [9.17, 15) is 9.59 Å². The molecule has 2 bridgehead atoms. The van der Waals surface area contributed by atoms with Crippen molar-refractivity contribution in [3.05, 3.63) is 64.1 Å². The van der Waals surface area contributed by atoms with E-state index in [1.54, 1.807) is 18.2 Å². The fourth-order valence-electron chi connectivity index (χ4n) is 4.54. The maximum Gasteiger partial charge on any atom is 0.259 e. The minimum Gasteiger partial charge on any atom is -0.484 e. The van der Waals surface area contributed by atoms with Gasteiger partial charge in [0, 0.05) is 37.3 Å². The summed E-state index contributed by atoms with van der Waals surface area (Å²) in [6.07, 6.45) is -0.0710. The third kappa shape index (κ3) is 5.79. The van der Waals surface area contributed by atoms with Crippen LogP contribution < -0.4 is 20.9 Å². The lowest BCUT2D eigenvalue weighted by Gasteiger charge is -2.44. The Labute approximate surface area is 218 Å². The van der Waals surface area contributed by atoms with Crippen LogP contribution >= 0.6 is 47.0 Å². The number of hydrogen-bond acceptors (Lipinski definition) is 4. The summed E-state index contributed by atoms with van der Waals surface area (Å²) in [6, 6.07) is 12.7. The number of carbonyl (C=O) groups is 1. The number of thiocarbonyl (C=S) groups is 1. The average Bonchev–Trinajstić information content (AvgIpc) is 2.78. The van der Waals surface area contributed by atoms with Crippen LogP contribution in [0.2, 0.25) is 0 Å². The molecule has 1 aromatic heterocycles. The highest BCUT2D eigenvalue weighted by Gasteiger charge is 2.38. The van der Waals surface area contributed by atoms with Crippen LogP contribution in [0.1, 0.15) is 23.6 Å². The molecule has 182 valence electrons. The number of nitrogens with zero attached hydrogens (tertiary/aromatic N) is 2. The summed E-state index contributed by atoms with van der Waals surface area (Å²) in [6.45, 7) is 3.59. The number of aromatic nitrogens is 1. The molecule has 1 fully saturated rings. The molecule has 2 aromatic rings. The van der Waals surface area contributed by atoms with E-state index in [0.717, 1.165) is 17.7 Å². The molecule has 1 saturated heterocycles. The number of pyridine rings is 1. The Kier molecular flexibility index (Phi) is 7.62. The molecule has 3 atom stereocenters. The number of carbonyl (C=O) groups excluding carboxylic acids is 1. The molecule has 7 nitrogen and oxygen atoms in total. The maximum atomic E-state index is 12.5. The molecule has 2 aliphatic heterocycles. The van der Waals surface area contributed by atoms with Crippen molar-refractivity contribution in [2.45, 2.75) is 35.8 Å². The number of alkyl halides is 3. The zero-order chi connectivity index (χ0) is 24.5. The molecule has 0 aliphatic carbocycles.